The van der Waals surface area contributed by atoms with Gasteiger partial charge in [-0.25, -0.2) is 0 Å². The molecule has 32 heavy (non-hydrogen) atoms. The third-order valence-electron chi connectivity index (χ3n) is 6.06. The van der Waals surface area contributed by atoms with E-state index in [4.69, 9.17) is 0 Å². The molecule has 0 saturated carbocycles. The number of nitrogens with zero attached hydrogens (tertiary/aromatic N) is 3. The van der Waals surface area contributed by atoms with Gasteiger partial charge in [0.15, 0.2) is 0 Å². The minimum Gasteiger partial charge on any atom is -0.369 e. The first-order valence-electron chi connectivity index (χ1n) is 11.3. The highest BCUT2D eigenvalue weighted by molar-refractivity contribution is 6.36. The second kappa shape index (κ2) is 9.17. The van der Waals surface area contributed by atoms with Gasteiger partial charge in [0, 0.05) is 44.1 Å². The van der Waals surface area contributed by atoms with Crippen molar-refractivity contribution >= 4 is 28.8 Å². The number of carbonyl (C=O) groups is 2. The Morgan fingerprint density at radius 2 is 1.50 bits per heavy atom. The van der Waals surface area contributed by atoms with Crippen LogP contribution in [0.1, 0.15) is 25.0 Å². The average molecular weight is 433 g/mol. The van der Waals surface area contributed by atoms with Crippen LogP contribution in [0.2, 0.25) is 0 Å². The Hall–Kier alpha value is -3.12. The lowest BCUT2D eigenvalue weighted by Gasteiger charge is -2.34. The largest absolute Gasteiger partial charge is 0.369 e. The minimum absolute atomic E-state index is 0.199. The predicted octanol–water partition coefficient (Wildman–Crippen LogP) is 3.59. The van der Waals surface area contributed by atoms with Gasteiger partial charge in [0.05, 0.1) is 5.57 Å². The fourth-order valence-electron chi connectivity index (χ4n) is 4.18. The molecule has 1 saturated heterocycles. The maximum absolute atomic E-state index is 13.2. The van der Waals surface area contributed by atoms with E-state index in [-0.39, 0.29) is 17.7 Å². The Balaban J connectivity index is 1.61. The number of carbonyl (C=O) groups excluding carboxylic acids is 2. The van der Waals surface area contributed by atoms with Gasteiger partial charge in [-0.3, -0.25) is 14.5 Å². The lowest BCUT2D eigenvalue weighted by atomic mass is 10.0. The molecular formula is C26H32N4O2. The number of amides is 2. The monoisotopic (exact) mass is 432 g/mol. The zero-order valence-electron chi connectivity index (χ0n) is 19.4. The van der Waals surface area contributed by atoms with Gasteiger partial charge in [0.2, 0.25) is 0 Å². The first kappa shape index (κ1) is 22.1. The van der Waals surface area contributed by atoms with E-state index in [1.807, 2.05) is 57.2 Å². The Morgan fingerprint density at radius 1 is 0.875 bits per heavy atom. The first-order valence-corrected chi connectivity index (χ1v) is 11.3. The Labute approximate surface area is 190 Å². The van der Waals surface area contributed by atoms with Crippen molar-refractivity contribution in [1.29, 1.82) is 0 Å². The molecule has 6 heteroatoms. The number of hydrogen-bond acceptors (Lipinski definition) is 5. The van der Waals surface area contributed by atoms with E-state index in [2.05, 4.69) is 34.3 Å². The lowest BCUT2D eigenvalue weighted by molar-refractivity contribution is -0.137. The third kappa shape index (κ3) is 4.55. The van der Waals surface area contributed by atoms with Crippen molar-refractivity contribution in [2.75, 3.05) is 50.0 Å². The van der Waals surface area contributed by atoms with Crippen LogP contribution in [0.4, 0.5) is 11.4 Å². The smallest absolute Gasteiger partial charge is 0.278 e. The molecule has 0 atom stereocenters. The van der Waals surface area contributed by atoms with Crippen LogP contribution < -0.4 is 10.2 Å². The van der Waals surface area contributed by atoms with E-state index in [1.54, 1.807) is 0 Å². The van der Waals surface area contributed by atoms with Crippen molar-refractivity contribution in [3.63, 3.8) is 0 Å². The molecule has 0 spiro atoms. The molecule has 4 rings (SSSR count). The van der Waals surface area contributed by atoms with E-state index in [1.165, 1.54) is 10.6 Å². The van der Waals surface area contributed by atoms with Crippen molar-refractivity contribution in [2.24, 2.45) is 5.92 Å². The number of aryl methyl sites for hydroxylation is 1. The first-order chi connectivity index (χ1) is 15.3. The van der Waals surface area contributed by atoms with Crippen LogP contribution in [-0.4, -0.2) is 61.4 Å². The second-order valence-electron chi connectivity index (χ2n) is 9.19. The number of imide groups is 1. The zero-order chi connectivity index (χ0) is 22.8. The van der Waals surface area contributed by atoms with Gasteiger partial charge in [-0.1, -0.05) is 43.7 Å². The topological polar surface area (TPSA) is 55.9 Å². The summed E-state index contributed by atoms with van der Waals surface area (Å²) in [6.07, 6.45) is 0. The standard InChI is InChI=1S/C26H32N4O2/c1-18(2)17-30-25(31)23(20-7-5-19(3)6-8-20)24(26(30)32)27-21-9-11-22(12-10-21)29-15-13-28(4)14-16-29/h5-12,18,27H,13-17H2,1-4H3. The highest BCUT2D eigenvalue weighted by atomic mass is 16.2. The molecule has 0 unspecified atom stereocenters. The Kier molecular flexibility index (Phi) is 6.33. The molecule has 2 aromatic carbocycles. The molecule has 1 N–H and O–H groups in total. The summed E-state index contributed by atoms with van der Waals surface area (Å²) in [6.45, 7) is 10.5. The molecule has 2 aliphatic rings. The summed E-state index contributed by atoms with van der Waals surface area (Å²) in [6, 6.07) is 15.9. The number of rotatable bonds is 6. The van der Waals surface area contributed by atoms with E-state index in [9.17, 15) is 9.59 Å². The van der Waals surface area contributed by atoms with Gasteiger partial charge in [0.1, 0.15) is 5.70 Å². The van der Waals surface area contributed by atoms with E-state index < -0.39 is 0 Å². The van der Waals surface area contributed by atoms with Crippen molar-refractivity contribution in [3.05, 3.63) is 65.4 Å². The van der Waals surface area contributed by atoms with E-state index in [0.717, 1.165) is 43.0 Å². The van der Waals surface area contributed by atoms with Crippen LogP contribution in [0.5, 0.6) is 0 Å². The Morgan fingerprint density at radius 3 is 2.09 bits per heavy atom. The van der Waals surface area contributed by atoms with Crippen molar-refractivity contribution in [3.8, 4) is 0 Å². The van der Waals surface area contributed by atoms with Crippen LogP contribution in [0.15, 0.2) is 54.2 Å². The molecule has 0 aliphatic carbocycles. The fourth-order valence-corrected chi connectivity index (χ4v) is 4.18. The third-order valence-corrected chi connectivity index (χ3v) is 6.06. The summed E-state index contributed by atoms with van der Waals surface area (Å²) < 4.78 is 0. The van der Waals surface area contributed by atoms with Gasteiger partial charge < -0.3 is 15.1 Å². The Bertz CT molecular complexity index is 1020. The molecule has 2 aromatic rings. The van der Waals surface area contributed by atoms with Gasteiger partial charge in [-0.15, -0.1) is 0 Å². The number of benzene rings is 2. The molecule has 6 nitrogen and oxygen atoms in total. The summed E-state index contributed by atoms with van der Waals surface area (Å²) in [5, 5.41) is 3.27. The predicted molar refractivity (Wildman–Crippen MR) is 129 cm³/mol. The molecule has 0 bridgehead atoms. The van der Waals surface area contributed by atoms with Crippen LogP contribution in [0.25, 0.3) is 5.57 Å². The van der Waals surface area contributed by atoms with Gasteiger partial charge >= 0.3 is 0 Å². The van der Waals surface area contributed by atoms with E-state index in [0.29, 0.717) is 17.8 Å². The average Bonchev–Trinajstić information content (AvgIpc) is 2.99. The summed E-state index contributed by atoms with van der Waals surface area (Å²) in [4.78, 5) is 32.5. The highest BCUT2D eigenvalue weighted by Gasteiger charge is 2.39. The summed E-state index contributed by atoms with van der Waals surface area (Å²) >= 11 is 0. The lowest BCUT2D eigenvalue weighted by Crippen LogP contribution is -2.44. The quantitative estimate of drug-likeness (QED) is 0.707. The molecule has 2 amide bonds. The number of piperazine rings is 1. The fraction of sp³-hybridized carbons (Fsp3) is 0.385. The number of nitrogens with one attached hydrogen (secondary N) is 1. The zero-order valence-corrected chi connectivity index (χ0v) is 19.4. The van der Waals surface area contributed by atoms with Crippen molar-refractivity contribution in [1.82, 2.24) is 9.80 Å². The number of hydrogen-bond donors (Lipinski definition) is 1. The SMILES string of the molecule is Cc1ccc(C2=C(Nc3ccc(N4CCN(C)CC4)cc3)C(=O)N(CC(C)C)C2=O)cc1. The molecule has 168 valence electrons. The molecule has 0 radical (unpaired) electrons. The van der Waals surface area contributed by atoms with E-state index >= 15 is 0 Å². The highest BCUT2D eigenvalue weighted by Crippen LogP contribution is 2.31. The molecule has 0 aromatic heterocycles. The summed E-state index contributed by atoms with van der Waals surface area (Å²) in [7, 11) is 2.15. The summed E-state index contributed by atoms with van der Waals surface area (Å²) in [5.41, 5.74) is 4.64. The van der Waals surface area contributed by atoms with Crippen LogP contribution in [0.3, 0.4) is 0 Å². The van der Waals surface area contributed by atoms with Crippen molar-refractivity contribution < 1.29 is 9.59 Å². The van der Waals surface area contributed by atoms with Gasteiger partial charge in [-0.05, 0) is 49.7 Å². The van der Waals surface area contributed by atoms with Crippen LogP contribution in [-0.2, 0) is 9.59 Å². The molecule has 2 heterocycles. The molecule has 2 aliphatic heterocycles. The van der Waals surface area contributed by atoms with Gasteiger partial charge in [0.25, 0.3) is 11.8 Å². The molecular weight excluding hydrogens is 400 g/mol. The number of anilines is 2. The van der Waals surface area contributed by atoms with Gasteiger partial charge in [-0.2, -0.15) is 0 Å². The minimum atomic E-state index is -0.262. The maximum Gasteiger partial charge on any atom is 0.278 e. The van der Waals surface area contributed by atoms with Crippen molar-refractivity contribution in [2.45, 2.75) is 20.8 Å². The van der Waals surface area contributed by atoms with Crippen LogP contribution in [0, 0.1) is 12.8 Å². The van der Waals surface area contributed by atoms with Crippen LogP contribution >= 0.6 is 0 Å². The normalized spacial score (nSPS) is 17.7. The second-order valence-corrected chi connectivity index (χ2v) is 9.19. The molecule has 1 fully saturated rings. The number of likely N-dealkylation sites (N-methyl/N-ethyl adjacent to an activating group) is 1. The summed E-state index contributed by atoms with van der Waals surface area (Å²) in [5.74, 6) is -0.295. The maximum atomic E-state index is 13.2.